The molecular weight excluding hydrogens is 440 g/mol. The number of thioether (sulfide) groups is 1. The van der Waals surface area contributed by atoms with Gasteiger partial charge in [0.2, 0.25) is 5.91 Å². The number of aromatic nitrogens is 4. The molecule has 0 saturated heterocycles. The molecule has 0 atom stereocenters. The number of thiophene rings is 1. The Labute approximate surface area is 196 Å². The van der Waals surface area contributed by atoms with Crippen LogP contribution in [0.3, 0.4) is 0 Å². The van der Waals surface area contributed by atoms with Crippen LogP contribution >= 0.6 is 23.1 Å². The second kappa shape index (κ2) is 9.92. The third kappa shape index (κ3) is 4.62. The van der Waals surface area contributed by atoms with Crippen molar-refractivity contribution >= 4 is 34.8 Å². The van der Waals surface area contributed by atoms with Crippen LogP contribution in [0.4, 0.5) is 5.82 Å². The zero-order valence-corrected chi connectivity index (χ0v) is 20.4. The lowest BCUT2D eigenvalue weighted by molar-refractivity contribution is -0.113. The van der Waals surface area contributed by atoms with Crippen LogP contribution < -0.4 is 5.32 Å². The van der Waals surface area contributed by atoms with E-state index in [9.17, 15) is 10.1 Å². The van der Waals surface area contributed by atoms with Crippen LogP contribution in [0.2, 0.25) is 0 Å². The first-order chi connectivity index (χ1) is 15.5. The number of nitrogens with one attached hydrogen (secondary N) is 1. The van der Waals surface area contributed by atoms with Crippen molar-refractivity contribution in [2.75, 3.05) is 11.1 Å². The van der Waals surface area contributed by atoms with Gasteiger partial charge in [0.05, 0.1) is 11.3 Å². The molecule has 0 aromatic carbocycles. The Morgan fingerprint density at radius 2 is 2.09 bits per heavy atom. The Kier molecular flexibility index (Phi) is 7.01. The van der Waals surface area contributed by atoms with Gasteiger partial charge in [-0.05, 0) is 43.7 Å². The normalized spacial score (nSPS) is 14.4. The van der Waals surface area contributed by atoms with Crippen LogP contribution in [0.15, 0.2) is 22.7 Å². The molecule has 1 aliphatic rings. The fraction of sp³-hybridized carbons (Fsp3) is 0.478. The van der Waals surface area contributed by atoms with Crippen molar-refractivity contribution in [3.8, 4) is 6.07 Å². The molecule has 32 heavy (non-hydrogen) atoms. The maximum absolute atomic E-state index is 12.9. The van der Waals surface area contributed by atoms with Gasteiger partial charge in [0.1, 0.15) is 17.7 Å². The number of hydrogen-bond donors (Lipinski definition) is 1. The van der Waals surface area contributed by atoms with E-state index in [2.05, 4.69) is 32.2 Å². The average molecular weight is 469 g/mol. The number of hydrogen-bond acceptors (Lipinski definition) is 6. The average Bonchev–Trinajstić information content (AvgIpc) is 3.49. The first-order valence-corrected chi connectivity index (χ1v) is 12.8. The molecule has 1 amide bonds. The van der Waals surface area contributed by atoms with Crippen molar-refractivity contribution < 1.29 is 4.79 Å². The molecule has 1 fully saturated rings. The van der Waals surface area contributed by atoms with Crippen molar-refractivity contribution in [3.05, 3.63) is 45.0 Å². The Balaban J connectivity index is 1.46. The maximum atomic E-state index is 12.9. The number of carbonyl (C=O) groups excluding carboxylic acids is 1. The first-order valence-electron chi connectivity index (χ1n) is 10.9. The van der Waals surface area contributed by atoms with E-state index in [0.29, 0.717) is 22.6 Å². The summed E-state index contributed by atoms with van der Waals surface area (Å²) in [5.74, 6) is 1.60. The molecule has 3 aromatic rings. The molecule has 4 rings (SSSR count). The lowest BCUT2D eigenvalue weighted by Gasteiger charge is -2.27. The van der Waals surface area contributed by atoms with Gasteiger partial charge < -0.3 is 14.5 Å². The van der Waals surface area contributed by atoms with Gasteiger partial charge in [-0.1, -0.05) is 37.1 Å². The number of anilines is 1. The molecular formula is C23H28N6OS2. The number of nitrogens with zero attached hydrogens (tertiary/aromatic N) is 5. The molecule has 0 aliphatic heterocycles. The van der Waals surface area contributed by atoms with E-state index in [-0.39, 0.29) is 11.7 Å². The predicted molar refractivity (Wildman–Crippen MR) is 128 cm³/mol. The molecule has 7 nitrogen and oxygen atoms in total. The fourth-order valence-electron chi connectivity index (χ4n) is 4.37. The van der Waals surface area contributed by atoms with Crippen LogP contribution in [-0.2, 0) is 18.3 Å². The van der Waals surface area contributed by atoms with Gasteiger partial charge >= 0.3 is 0 Å². The predicted octanol–water partition coefficient (Wildman–Crippen LogP) is 4.99. The summed E-state index contributed by atoms with van der Waals surface area (Å²) in [6.07, 6.45) is 6.53. The van der Waals surface area contributed by atoms with E-state index in [0.717, 1.165) is 36.3 Å². The first kappa shape index (κ1) is 22.6. The van der Waals surface area contributed by atoms with E-state index in [4.69, 9.17) is 0 Å². The molecule has 0 unspecified atom stereocenters. The summed E-state index contributed by atoms with van der Waals surface area (Å²) >= 11 is 3.06. The number of rotatable bonds is 7. The second-order valence-electron chi connectivity index (χ2n) is 8.26. The van der Waals surface area contributed by atoms with Crippen LogP contribution in [0.5, 0.6) is 0 Å². The Morgan fingerprint density at radius 1 is 1.31 bits per heavy atom. The highest BCUT2D eigenvalue weighted by atomic mass is 32.2. The van der Waals surface area contributed by atoms with Gasteiger partial charge in [-0.2, -0.15) is 5.26 Å². The summed E-state index contributed by atoms with van der Waals surface area (Å²) in [6, 6.07) is 6.76. The van der Waals surface area contributed by atoms with Crippen molar-refractivity contribution in [2.45, 2.75) is 63.6 Å². The molecule has 1 N–H and O–H groups in total. The molecule has 3 aromatic heterocycles. The smallest absolute Gasteiger partial charge is 0.235 e. The van der Waals surface area contributed by atoms with Gasteiger partial charge in [0, 0.05) is 30.1 Å². The number of carbonyl (C=O) groups is 1. The van der Waals surface area contributed by atoms with Gasteiger partial charge in [-0.25, -0.2) is 0 Å². The Bertz CT molecular complexity index is 1130. The molecule has 3 heterocycles. The quantitative estimate of drug-likeness (QED) is 0.493. The highest BCUT2D eigenvalue weighted by molar-refractivity contribution is 7.99. The van der Waals surface area contributed by atoms with E-state index in [1.165, 1.54) is 35.9 Å². The van der Waals surface area contributed by atoms with Gasteiger partial charge in [-0.3, -0.25) is 4.79 Å². The van der Waals surface area contributed by atoms with E-state index >= 15 is 0 Å². The van der Waals surface area contributed by atoms with Crippen LogP contribution in [-0.4, -0.2) is 31.0 Å². The third-order valence-corrected chi connectivity index (χ3v) is 8.13. The summed E-state index contributed by atoms with van der Waals surface area (Å²) < 4.78 is 4.13. The molecule has 0 spiro atoms. The standard InChI is InChI=1S/C23H28N6OS2/c1-15-16(2)29(17-8-5-4-6-9-17)22(19(15)13-24)25-21(30)14-32-23-27-26-20(28(23)3)12-18-10-7-11-31-18/h7,10-11,17H,4-6,8-9,12,14H2,1-3H3,(H,25,30). The summed E-state index contributed by atoms with van der Waals surface area (Å²) in [5, 5.41) is 24.1. The third-order valence-electron chi connectivity index (χ3n) is 6.24. The van der Waals surface area contributed by atoms with Crippen LogP contribution in [0, 0.1) is 25.2 Å². The topological polar surface area (TPSA) is 88.5 Å². The monoisotopic (exact) mass is 468 g/mol. The van der Waals surface area contributed by atoms with E-state index in [1.54, 1.807) is 11.3 Å². The Hall–Kier alpha value is -2.57. The largest absolute Gasteiger partial charge is 0.327 e. The zero-order chi connectivity index (χ0) is 22.7. The molecule has 1 saturated carbocycles. The highest BCUT2D eigenvalue weighted by Crippen LogP contribution is 2.36. The molecule has 1 aliphatic carbocycles. The van der Waals surface area contributed by atoms with Crippen molar-refractivity contribution in [1.29, 1.82) is 5.26 Å². The minimum Gasteiger partial charge on any atom is -0.327 e. The molecule has 9 heteroatoms. The number of nitriles is 1. The van der Waals surface area contributed by atoms with Gasteiger partial charge in [0.25, 0.3) is 0 Å². The lowest BCUT2D eigenvalue weighted by atomic mass is 9.95. The lowest BCUT2D eigenvalue weighted by Crippen LogP contribution is -2.22. The summed E-state index contributed by atoms with van der Waals surface area (Å²) in [6.45, 7) is 4.01. The molecule has 0 radical (unpaired) electrons. The van der Waals surface area contributed by atoms with Crippen LogP contribution in [0.25, 0.3) is 0 Å². The van der Waals surface area contributed by atoms with Gasteiger partial charge in [-0.15, -0.1) is 21.5 Å². The molecule has 0 bridgehead atoms. The zero-order valence-electron chi connectivity index (χ0n) is 18.7. The van der Waals surface area contributed by atoms with Crippen molar-refractivity contribution in [1.82, 2.24) is 19.3 Å². The maximum Gasteiger partial charge on any atom is 0.235 e. The number of amides is 1. The van der Waals surface area contributed by atoms with Crippen LogP contribution in [0.1, 0.15) is 65.7 Å². The SMILES string of the molecule is Cc1c(C#N)c(NC(=O)CSc2nnc(Cc3cccs3)n2C)n(C2CCCCC2)c1C. The summed E-state index contributed by atoms with van der Waals surface area (Å²) in [7, 11) is 1.93. The summed E-state index contributed by atoms with van der Waals surface area (Å²) in [4.78, 5) is 14.1. The van der Waals surface area contributed by atoms with Crippen molar-refractivity contribution in [2.24, 2.45) is 7.05 Å². The summed E-state index contributed by atoms with van der Waals surface area (Å²) in [5.41, 5.74) is 2.60. The van der Waals surface area contributed by atoms with E-state index < -0.39 is 0 Å². The highest BCUT2D eigenvalue weighted by Gasteiger charge is 2.26. The minimum atomic E-state index is -0.135. The van der Waals surface area contributed by atoms with E-state index in [1.807, 2.05) is 36.9 Å². The fourth-order valence-corrected chi connectivity index (χ4v) is 5.81. The van der Waals surface area contributed by atoms with Crippen molar-refractivity contribution in [3.63, 3.8) is 0 Å². The molecule has 168 valence electrons. The minimum absolute atomic E-state index is 0.135. The Morgan fingerprint density at radius 3 is 2.78 bits per heavy atom. The van der Waals surface area contributed by atoms with Gasteiger partial charge in [0.15, 0.2) is 5.16 Å². The second-order valence-corrected chi connectivity index (χ2v) is 10.2.